The molecule has 0 bridgehead atoms. The molecule has 0 spiro atoms. The molecule has 0 saturated carbocycles. The third-order valence-corrected chi connectivity index (χ3v) is 4.69. The first kappa shape index (κ1) is 14.5. The molecule has 0 amide bonds. The molecule has 3 rings (SSSR count). The summed E-state index contributed by atoms with van der Waals surface area (Å²) in [6, 6.07) is 8.55. The summed E-state index contributed by atoms with van der Waals surface area (Å²) in [6.45, 7) is 3.70. The van der Waals surface area contributed by atoms with Crippen molar-refractivity contribution >= 4 is 5.97 Å². The molecular formula is C17H23NO3. The Balaban J connectivity index is 1.56. The van der Waals surface area contributed by atoms with Gasteiger partial charge in [-0.1, -0.05) is 24.3 Å². The van der Waals surface area contributed by atoms with E-state index in [0.717, 1.165) is 45.5 Å². The van der Waals surface area contributed by atoms with E-state index in [2.05, 4.69) is 29.2 Å². The third kappa shape index (κ3) is 3.63. The van der Waals surface area contributed by atoms with Crippen LogP contribution in [0.15, 0.2) is 24.3 Å². The lowest BCUT2D eigenvalue weighted by Crippen LogP contribution is -2.38. The van der Waals surface area contributed by atoms with Crippen molar-refractivity contribution in [2.24, 2.45) is 5.92 Å². The van der Waals surface area contributed by atoms with Crippen LogP contribution in [0, 0.1) is 5.92 Å². The summed E-state index contributed by atoms with van der Waals surface area (Å²) in [5.41, 5.74) is 2.74. The van der Waals surface area contributed by atoms with Gasteiger partial charge in [0.05, 0.1) is 12.7 Å². The molecule has 1 unspecified atom stereocenters. The molecular weight excluding hydrogens is 266 g/mol. The van der Waals surface area contributed by atoms with Crippen molar-refractivity contribution in [3.05, 3.63) is 35.4 Å². The first-order valence-corrected chi connectivity index (χ1v) is 7.86. The molecule has 0 radical (unpaired) electrons. The summed E-state index contributed by atoms with van der Waals surface area (Å²) < 4.78 is 5.96. The topological polar surface area (TPSA) is 49.8 Å². The summed E-state index contributed by atoms with van der Waals surface area (Å²) in [5, 5.41) is 8.87. The molecule has 114 valence electrons. The maximum Gasteiger partial charge on any atom is 0.303 e. The van der Waals surface area contributed by atoms with Crippen LogP contribution in [0.3, 0.4) is 0 Å². The summed E-state index contributed by atoms with van der Waals surface area (Å²) in [4.78, 5) is 13.2. The monoisotopic (exact) mass is 289 g/mol. The Kier molecular flexibility index (Phi) is 4.56. The molecule has 1 fully saturated rings. The fraction of sp³-hybridized carbons (Fsp3) is 0.588. The lowest BCUT2D eigenvalue weighted by molar-refractivity contribution is -0.138. The number of fused-ring (bicyclic) bond motifs is 1. The lowest BCUT2D eigenvalue weighted by Gasteiger charge is -2.35. The van der Waals surface area contributed by atoms with E-state index >= 15 is 0 Å². The van der Waals surface area contributed by atoms with Crippen LogP contribution < -0.4 is 0 Å². The zero-order chi connectivity index (χ0) is 14.7. The van der Waals surface area contributed by atoms with Gasteiger partial charge in [-0.25, -0.2) is 0 Å². The highest BCUT2D eigenvalue weighted by molar-refractivity contribution is 5.67. The van der Waals surface area contributed by atoms with Gasteiger partial charge in [0.15, 0.2) is 0 Å². The number of hydrogen-bond donors (Lipinski definition) is 1. The predicted molar refractivity (Wildman–Crippen MR) is 80.3 cm³/mol. The lowest BCUT2D eigenvalue weighted by atomic mass is 9.92. The number of piperidine rings is 1. The van der Waals surface area contributed by atoms with Crippen molar-refractivity contribution in [3.8, 4) is 0 Å². The minimum atomic E-state index is -0.669. The standard InChI is InChI=1S/C17H23NO3/c19-17(20)11-13-5-8-18(9-6-13)12-16-15-4-2-1-3-14(15)7-10-21-16/h1-4,13,16H,5-12H2,(H,19,20). The number of carboxylic acid groups (broad SMARTS) is 1. The number of aliphatic carboxylic acids is 1. The van der Waals surface area contributed by atoms with Crippen LogP contribution in [-0.4, -0.2) is 42.2 Å². The normalized spacial score (nSPS) is 23.7. The molecule has 2 heterocycles. The summed E-state index contributed by atoms with van der Waals surface area (Å²) in [5.74, 6) is -0.323. The van der Waals surface area contributed by atoms with Crippen LogP contribution in [0.4, 0.5) is 0 Å². The van der Waals surface area contributed by atoms with Crippen LogP contribution in [0.5, 0.6) is 0 Å². The van der Waals surface area contributed by atoms with Crippen molar-refractivity contribution in [1.82, 2.24) is 4.90 Å². The first-order valence-electron chi connectivity index (χ1n) is 7.86. The first-order chi connectivity index (χ1) is 10.2. The molecule has 2 aliphatic rings. The molecule has 21 heavy (non-hydrogen) atoms. The third-order valence-electron chi connectivity index (χ3n) is 4.69. The van der Waals surface area contributed by atoms with E-state index in [-0.39, 0.29) is 6.10 Å². The zero-order valence-electron chi connectivity index (χ0n) is 12.3. The molecule has 1 atom stereocenters. The van der Waals surface area contributed by atoms with Gasteiger partial charge < -0.3 is 14.7 Å². The van der Waals surface area contributed by atoms with E-state index in [1.54, 1.807) is 0 Å². The number of carboxylic acids is 1. The summed E-state index contributed by atoms with van der Waals surface area (Å²) >= 11 is 0. The number of rotatable bonds is 4. The van der Waals surface area contributed by atoms with Crippen molar-refractivity contribution in [2.75, 3.05) is 26.2 Å². The van der Waals surface area contributed by atoms with Gasteiger partial charge in [0.1, 0.15) is 0 Å². The average molecular weight is 289 g/mol. The van der Waals surface area contributed by atoms with E-state index < -0.39 is 5.97 Å². The van der Waals surface area contributed by atoms with Crippen molar-refractivity contribution in [1.29, 1.82) is 0 Å². The second kappa shape index (κ2) is 6.58. The Hall–Kier alpha value is -1.39. The quantitative estimate of drug-likeness (QED) is 0.925. The van der Waals surface area contributed by atoms with E-state index in [1.165, 1.54) is 11.1 Å². The minimum Gasteiger partial charge on any atom is -0.481 e. The van der Waals surface area contributed by atoms with Crippen LogP contribution >= 0.6 is 0 Å². The van der Waals surface area contributed by atoms with Gasteiger partial charge in [-0.2, -0.15) is 0 Å². The Bertz CT molecular complexity index is 495. The predicted octanol–water partition coefficient (Wildman–Crippen LogP) is 2.49. The highest BCUT2D eigenvalue weighted by Crippen LogP contribution is 2.29. The fourth-order valence-electron chi connectivity index (χ4n) is 3.48. The number of hydrogen-bond acceptors (Lipinski definition) is 3. The molecule has 1 N–H and O–H groups in total. The summed E-state index contributed by atoms with van der Waals surface area (Å²) in [7, 11) is 0. The molecule has 0 aromatic heterocycles. The highest BCUT2D eigenvalue weighted by Gasteiger charge is 2.26. The second-order valence-corrected chi connectivity index (χ2v) is 6.15. The summed E-state index contributed by atoms with van der Waals surface area (Å²) in [6.07, 6.45) is 3.47. The molecule has 0 aliphatic carbocycles. The minimum absolute atomic E-state index is 0.172. The number of likely N-dealkylation sites (tertiary alicyclic amines) is 1. The number of benzene rings is 1. The number of carbonyl (C=O) groups is 1. The Morgan fingerprint density at radius 3 is 2.81 bits per heavy atom. The Labute approximate surface area is 125 Å². The van der Waals surface area contributed by atoms with Crippen LogP contribution in [0.25, 0.3) is 0 Å². The molecule has 2 aliphatic heterocycles. The fourth-order valence-corrected chi connectivity index (χ4v) is 3.48. The van der Waals surface area contributed by atoms with Gasteiger partial charge in [0.25, 0.3) is 0 Å². The molecule has 1 aromatic carbocycles. The van der Waals surface area contributed by atoms with E-state index in [1.807, 2.05) is 0 Å². The Morgan fingerprint density at radius 1 is 1.29 bits per heavy atom. The second-order valence-electron chi connectivity index (χ2n) is 6.15. The smallest absolute Gasteiger partial charge is 0.303 e. The van der Waals surface area contributed by atoms with Gasteiger partial charge in [0.2, 0.25) is 0 Å². The largest absolute Gasteiger partial charge is 0.481 e. The molecule has 1 saturated heterocycles. The van der Waals surface area contributed by atoms with E-state index in [0.29, 0.717) is 12.3 Å². The number of ether oxygens (including phenoxy) is 1. The van der Waals surface area contributed by atoms with Gasteiger partial charge >= 0.3 is 5.97 Å². The van der Waals surface area contributed by atoms with Crippen molar-refractivity contribution < 1.29 is 14.6 Å². The molecule has 1 aromatic rings. The number of nitrogens with zero attached hydrogens (tertiary/aromatic N) is 1. The van der Waals surface area contributed by atoms with Crippen molar-refractivity contribution in [2.45, 2.75) is 31.8 Å². The van der Waals surface area contributed by atoms with E-state index in [4.69, 9.17) is 9.84 Å². The maximum absolute atomic E-state index is 10.8. The van der Waals surface area contributed by atoms with Crippen molar-refractivity contribution in [3.63, 3.8) is 0 Å². The van der Waals surface area contributed by atoms with Crippen LogP contribution in [0.1, 0.15) is 36.5 Å². The maximum atomic E-state index is 10.8. The van der Waals surface area contributed by atoms with E-state index in [9.17, 15) is 4.79 Å². The Morgan fingerprint density at radius 2 is 2.05 bits per heavy atom. The van der Waals surface area contributed by atoms with Gasteiger partial charge in [-0.05, 0) is 49.4 Å². The zero-order valence-corrected chi connectivity index (χ0v) is 12.3. The SMILES string of the molecule is O=C(O)CC1CCN(CC2OCCc3ccccc32)CC1. The highest BCUT2D eigenvalue weighted by atomic mass is 16.5. The van der Waals surface area contributed by atoms with Gasteiger partial charge in [0, 0.05) is 13.0 Å². The average Bonchev–Trinajstić information content (AvgIpc) is 2.49. The van der Waals surface area contributed by atoms with Gasteiger partial charge in [-0.15, -0.1) is 0 Å². The van der Waals surface area contributed by atoms with Crippen LogP contribution in [0.2, 0.25) is 0 Å². The molecule has 4 nitrogen and oxygen atoms in total. The van der Waals surface area contributed by atoms with Crippen LogP contribution in [-0.2, 0) is 16.0 Å². The molecule has 4 heteroatoms. The van der Waals surface area contributed by atoms with Gasteiger partial charge in [-0.3, -0.25) is 4.79 Å².